The van der Waals surface area contributed by atoms with Gasteiger partial charge in [-0.05, 0) is 45.0 Å². The molecule has 5 heteroatoms. The first-order chi connectivity index (χ1) is 10.2. The van der Waals surface area contributed by atoms with Crippen LogP contribution in [0, 0.1) is 5.92 Å². The van der Waals surface area contributed by atoms with Crippen LogP contribution >= 0.6 is 0 Å². The Bertz CT molecular complexity index is 459. The first kappa shape index (κ1) is 15.6. The van der Waals surface area contributed by atoms with E-state index in [2.05, 4.69) is 10.6 Å². The van der Waals surface area contributed by atoms with Crippen LogP contribution in [-0.2, 0) is 4.79 Å². The van der Waals surface area contributed by atoms with E-state index in [0.29, 0.717) is 6.54 Å². The van der Waals surface area contributed by atoms with Crippen molar-refractivity contribution in [1.82, 2.24) is 10.6 Å². The van der Waals surface area contributed by atoms with Gasteiger partial charge in [-0.25, -0.2) is 0 Å². The van der Waals surface area contributed by atoms with Crippen LogP contribution < -0.4 is 20.1 Å². The second kappa shape index (κ2) is 7.88. The van der Waals surface area contributed by atoms with E-state index >= 15 is 0 Å². The first-order valence-electron chi connectivity index (χ1n) is 7.48. The predicted octanol–water partition coefficient (Wildman–Crippen LogP) is 1.58. The highest BCUT2D eigenvalue weighted by atomic mass is 16.5. The highest BCUT2D eigenvalue weighted by Gasteiger charge is 2.21. The Balaban J connectivity index is 1.75. The Labute approximate surface area is 126 Å². The summed E-state index contributed by atoms with van der Waals surface area (Å²) in [6, 6.07) is 7.48. The molecule has 0 bridgehead atoms. The van der Waals surface area contributed by atoms with Gasteiger partial charge in [-0.15, -0.1) is 0 Å². The molecule has 1 aliphatic heterocycles. The Morgan fingerprint density at radius 3 is 2.81 bits per heavy atom. The molecule has 5 nitrogen and oxygen atoms in total. The summed E-state index contributed by atoms with van der Waals surface area (Å²) in [5.74, 6) is 1.78. The van der Waals surface area contributed by atoms with Gasteiger partial charge in [-0.3, -0.25) is 4.79 Å². The number of hydrogen-bond donors (Lipinski definition) is 2. The van der Waals surface area contributed by atoms with E-state index in [1.165, 1.54) is 0 Å². The molecule has 0 aliphatic carbocycles. The molecule has 1 heterocycles. The van der Waals surface area contributed by atoms with Crippen molar-refractivity contribution in [2.45, 2.75) is 25.9 Å². The number of carbonyl (C=O) groups excluding carboxylic acids is 1. The lowest BCUT2D eigenvalue weighted by molar-refractivity contribution is -0.126. The van der Waals surface area contributed by atoms with Crippen molar-refractivity contribution in [2.24, 2.45) is 5.92 Å². The minimum Gasteiger partial charge on any atom is -0.497 e. The van der Waals surface area contributed by atoms with E-state index in [1.807, 2.05) is 31.2 Å². The van der Waals surface area contributed by atoms with Gasteiger partial charge in [-0.1, -0.05) is 6.07 Å². The van der Waals surface area contributed by atoms with Crippen LogP contribution in [0.1, 0.15) is 19.8 Å². The molecule has 1 atom stereocenters. The summed E-state index contributed by atoms with van der Waals surface area (Å²) in [5, 5.41) is 6.24. The molecule has 0 aromatic heterocycles. The van der Waals surface area contributed by atoms with Crippen LogP contribution in [0.3, 0.4) is 0 Å². The maximum Gasteiger partial charge on any atom is 0.223 e. The summed E-state index contributed by atoms with van der Waals surface area (Å²) in [4.78, 5) is 12.0. The maximum atomic E-state index is 12.0. The first-order valence-corrected chi connectivity index (χ1v) is 7.48. The van der Waals surface area contributed by atoms with Crippen molar-refractivity contribution < 1.29 is 14.3 Å². The van der Waals surface area contributed by atoms with Gasteiger partial charge in [0.2, 0.25) is 5.91 Å². The fraction of sp³-hybridized carbons (Fsp3) is 0.562. The predicted molar refractivity (Wildman–Crippen MR) is 81.7 cm³/mol. The number of amides is 1. The highest BCUT2D eigenvalue weighted by molar-refractivity contribution is 5.78. The fourth-order valence-electron chi connectivity index (χ4n) is 2.42. The quantitative estimate of drug-likeness (QED) is 0.836. The molecule has 0 radical (unpaired) electrons. The number of benzene rings is 1. The average molecular weight is 292 g/mol. The molecule has 2 N–H and O–H groups in total. The molecule has 1 aliphatic rings. The summed E-state index contributed by atoms with van der Waals surface area (Å²) >= 11 is 0. The van der Waals surface area contributed by atoms with Crippen molar-refractivity contribution in [3.8, 4) is 11.5 Å². The molecule has 116 valence electrons. The monoisotopic (exact) mass is 292 g/mol. The largest absolute Gasteiger partial charge is 0.497 e. The second-order valence-electron chi connectivity index (χ2n) is 5.38. The van der Waals surface area contributed by atoms with Gasteiger partial charge < -0.3 is 20.1 Å². The molecule has 2 rings (SSSR count). The lowest BCUT2D eigenvalue weighted by Crippen LogP contribution is -2.41. The van der Waals surface area contributed by atoms with E-state index in [4.69, 9.17) is 9.47 Å². The molecule has 1 amide bonds. The summed E-state index contributed by atoms with van der Waals surface area (Å²) in [7, 11) is 1.63. The molecular formula is C16H24N2O3. The number of nitrogens with one attached hydrogen (secondary N) is 2. The molecule has 0 saturated carbocycles. The summed E-state index contributed by atoms with van der Waals surface area (Å²) < 4.78 is 10.9. The molecule has 1 fully saturated rings. The highest BCUT2D eigenvalue weighted by Crippen LogP contribution is 2.19. The zero-order valence-electron chi connectivity index (χ0n) is 12.7. The van der Waals surface area contributed by atoms with Crippen LogP contribution in [0.4, 0.5) is 0 Å². The SMILES string of the molecule is COc1cccc(OC(C)CNC(=O)C2CCNCC2)c1. The van der Waals surface area contributed by atoms with Crippen molar-refractivity contribution in [3.63, 3.8) is 0 Å². The second-order valence-corrected chi connectivity index (χ2v) is 5.38. The van der Waals surface area contributed by atoms with Gasteiger partial charge in [0.25, 0.3) is 0 Å². The van der Waals surface area contributed by atoms with E-state index in [1.54, 1.807) is 7.11 Å². The normalized spacial score (nSPS) is 17.0. The molecule has 1 aromatic carbocycles. The fourth-order valence-corrected chi connectivity index (χ4v) is 2.42. The van der Waals surface area contributed by atoms with E-state index in [0.717, 1.165) is 37.4 Å². The molecule has 1 unspecified atom stereocenters. The molecule has 21 heavy (non-hydrogen) atoms. The van der Waals surface area contributed by atoms with E-state index < -0.39 is 0 Å². The third-order valence-electron chi connectivity index (χ3n) is 3.65. The summed E-state index contributed by atoms with van der Waals surface area (Å²) in [6.45, 7) is 4.31. The standard InChI is InChI=1S/C16H24N2O3/c1-12(21-15-5-3-4-14(10-15)20-2)11-18-16(19)13-6-8-17-9-7-13/h3-5,10,12-13,17H,6-9,11H2,1-2H3,(H,18,19). The average Bonchev–Trinajstić information content (AvgIpc) is 2.53. The molecule has 1 saturated heterocycles. The van der Waals surface area contributed by atoms with Crippen LogP contribution in [0.25, 0.3) is 0 Å². The lowest BCUT2D eigenvalue weighted by Gasteiger charge is -2.23. The van der Waals surface area contributed by atoms with Gasteiger partial charge in [-0.2, -0.15) is 0 Å². The Morgan fingerprint density at radius 2 is 2.10 bits per heavy atom. The van der Waals surface area contributed by atoms with Gasteiger partial charge >= 0.3 is 0 Å². The van der Waals surface area contributed by atoms with Gasteiger partial charge in [0, 0.05) is 12.0 Å². The number of rotatable bonds is 6. The topological polar surface area (TPSA) is 59.6 Å². The van der Waals surface area contributed by atoms with Crippen molar-refractivity contribution in [2.75, 3.05) is 26.7 Å². The van der Waals surface area contributed by atoms with Gasteiger partial charge in [0.15, 0.2) is 0 Å². The summed E-state index contributed by atoms with van der Waals surface area (Å²) in [6.07, 6.45) is 1.75. The zero-order chi connectivity index (χ0) is 15.1. The number of hydrogen-bond acceptors (Lipinski definition) is 4. The van der Waals surface area contributed by atoms with Gasteiger partial charge in [0.05, 0.1) is 13.7 Å². The third kappa shape index (κ3) is 4.93. The third-order valence-corrected chi connectivity index (χ3v) is 3.65. The number of piperidine rings is 1. The van der Waals surface area contributed by atoms with Crippen molar-refractivity contribution >= 4 is 5.91 Å². The number of carbonyl (C=O) groups is 1. The van der Waals surface area contributed by atoms with Crippen LogP contribution in [-0.4, -0.2) is 38.8 Å². The smallest absolute Gasteiger partial charge is 0.223 e. The Morgan fingerprint density at radius 1 is 1.38 bits per heavy atom. The number of ether oxygens (including phenoxy) is 2. The maximum absolute atomic E-state index is 12.0. The molecule has 1 aromatic rings. The zero-order valence-corrected chi connectivity index (χ0v) is 12.7. The Hall–Kier alpha value is -1.75. The van der Waals surface area contributed by atoms with Crippen molar-refractivity contribution in [1.29, 1.82) is 0 Å². The molecular weight excluding hydrogens is 268 g/mol. The van der Waals surface area contributed by atoms with Crippen LogP contribution in [0.5, 0.6) is 11.5 Å². The lowest BCUT2D eigenvalue weighted by atomic mass is 9.97. The van der Waals surface area contributed by atoms with E-state index in [9.17, 15) is 4.79 Å². The van der Waals surface area contributed by atoms with Gasteiger partial charge in [0.1, 0.15) is 17.6 Å². The van der Waals surface area contributed by atoms with Crippen LogP contribution in [0.2, 0.25) is 0 Å². The molecule has 0 spiro atoms. The van der Waals surface area contributed by atoms with Crippen LogP contribution in [0.15, 0.2) is 24.3 Å². The Kier molecular flexibility index (Phi) is 5.87. The number of methoxy groups -OCH3 is 1. The minimum atomic E-state index is -0.0808. The van der Waals surface area contributed by atoms with E-state index in [-0.39, 0.29) is 17.9 Å². The van der Waals surface area contributed by atoms with Crippen molar-refractivity contribution in [3.05, 3.63) is 24.3 Å². The minimum absolute atomic E-state index is 0.0808. The summed E-state index contributed by atoms with van der Waals surface area (Å²) in [5.41, 5.74) is 0.